The van der Waals surface area contributed by atoms with Crippen molar-refractivity contribution < 1.29 is 4.74 Å². The molecular weight excluding hydrogens is 214 g/mol. The summed E-state index contributed by atoms with van der Waals surface area (Å²) < 4.78 is 5.59. The average Bonchev–Trinajstić information content (AvgIpc) is 2.87. The molecular formula is C10H16ClN3O. The molecule has 0 bridgehead atoms. The SMILES string of the molecule is COC1(c2n[nH]c(C(C)Cl)n2)CCCC1. The van der Waals surface area contributed by atoms with Gasteiger partial charge in [0.2, 0.25) is 0 Å². The van der Waals surface area contributed by atoms with E-state index in [-0.39, 0.29) is 11.0 Å². The molecule has 1 saturated carbocycles. The normalized spacial score (nSPS) is 21.8. The van der Waals surface area contributed by atoms with E-state index in [1.54, 1.807) is 7.11 Å². The van der Waals surface area contributed by atoms with Crippen molar-refractivity contribution in [2.45, 2.75) is 43.6 Å². The molecule has 0 aromatic carbocycles. The standard InChI is InChI=1S/C10H16ClN3O/c1-7(11)8-12-9(14-13-8)10(15-2)5-3-4-6-10/h7H,3-6H2,1-2H3,(H,12,13,14). The number of alkyl halides is 1. The zero-order valence-corrected chi connectivity index (χ0v) is 9.84. The van der Waals surface area contributed by atoms with Crippen molar-refractivity contribution in [3.05, 3.63) is 11.6 Å². The predicted octanol–water partition coefficient (Wildman–Crippen LogP) is 2.52. The first-order valence-electron chi connectivity index (χ1n) is 5.30. The second-order valence-corrected chi connectivity index (χ2v) is 4.72. The molecule has 0 aliphatic heterocycles. The van der Waals surface area contributed by atoms with E-state index in [2.05, 4.69) is 15.2 Å². The monoisotopic (exact) mass is 229 g/mol. The lowest BCUT2D eigenvalue weighted by Crippen LogP contribution is -2.26. The van der Waals surface area contributed by atoms with Gasteiger partial charge in [-0.1, -0.05) is 0 Å². The molecule has 0 spiro atoms. The Labute approximate surface area is 94.4 Å². The fourth-order valence-corrected chi connectivity index (χ4v) is 2.22. The molecule has 84 valence electrons. The van der Waals surface area contributed by atoms with Crippen LogP contribution >= 0.6 is 11.6 Å². The molecule has 15 heavy (non-hydrogen) atoms. The molecule has 1 aromatic heterocycles. The smallest absolute Gasteiger partial charge is 0.182 e. The maximum atomic E-state index is 5.94. The van der Waals surface area contributed by atoms with Crippen LogP contribution in [0.15, 0.2) is 0 Å². The van der Waals surface area contributed by atoms with Crippen LogP contribution in [0, 0.1) is 0 Å². The van der Waals surface area contributed by atoms with E-state index >= 15 is 0 Å². The summed E-state index contributed by atoms with van der Waals surface area (Å²) in [5, 5.41) is 6.95. The molecule has 0 saturated heterocycles. The van der Waals surface area contributed by atoms with E-state index in [9.17, 15) is 0 Å². The summed E-state index contributed by atoms with van der Waals surface area (Å²) in [6, 6.07) is 0. The second-order valence-electron chi connectivity index (χ2n) is 4.07. The van der Waals surface area contributed by atoms with Gasteiger partial charge in [-0.3, -0.25) is 5.10 Å². The third kappa shape index (κ3) is 1.88. The van der Waals surface area contributed by atoms with Gasteiger partial charge in [-0.25, -0.2) is 4.98 Å². The van der Waals surface area contributed by atoms with Gasteiger partial charge >= 0.3 is 0 Å². The molecule has 1 atom stereocenters. The maximum absolute atomic E-state index is 5.94. The number of hydrogen-bond donors (Lipinski definition) is 1. The molecule has 1 aliphatic carbocycles. The van der Waals surface area contributed by atoms with Gasteiger partial charge in [0.05, 0.1) is 5.38 Å². The molecule has 0 amide bonds. The largest absolute Gasteiger partial charge is 0.370 e. The first kappa shape index (κ1) is 10.9. The molecule has 5 heteroatoms. The van der Waals surface area contributed by atoms with E-state index in [1.165, 1.54) is 12.8 Å². The second kappa shape index (κ2) is 4.10. The number of nitrogens with one attached hydrogen (secondary N) is 1. The van der Waals surface area contributed by atoms with Gasteiger partial charge in [0, 0.05) is 7.11 Å². The number of aromatic nitrogens is 3. The number of aromatic amines is 1. The number of H-pyrrole nitrogens is 1. The molecule has 1 aromatic rings. The highest BCUT2D eigenvalue weighted by molar-refractivity contribution is 6.20. The van der Waals surface area contributed by atoms with Crippen LogP contribution in [0.4, 0.5) is 0 Å². The van der Waals surface area contributed by atoms with E-state index in [0.29, 0.717) is 0 Å². The topological polar surface area (TPSA) is 50.8 Å². The van der Waals surface area contributed by atoms with Crippen molar-refractivity contribution in [3.63, 3.8) is 0 Å². The number of methoxy groups -OCH3 is 1. The van der Waals surface area contributed by atoms with Crippen LogP contribution in [0.3, 0.4) is 0 Å². The summed E-state index contributed by atoms with van der Waals surface area (Å²) in [5.41, 5.74) is -0.277. The Kier molecular flexibility index (Phi) is 2.98. The van der Waals surface area contributed by atoms with Crippen molar-refractivity contribution in [1.29, 1.82) is 0 Å². The molecule has 1 unspecified atom stereocenters. The quantitative estimate of drug-likeness (QED) is 0.811. The molecule has 1 N–H and O–H groups in total. The Bertz CT molecular complexity index is 331. The number of rotatable bonds is 3. The van der Waals surface area contributed by atoms with Gasteiger partial charge < -0.3 is 4.74 Å². The lowest BCUT2D eigenvalue weighted by molar-refractivity contribution is -0.0160. The number of ether oxygens (including phenoxy) is 1. The van der Waals surface area contributed by atoms with Crippen molar-refractivity contribution in [2.24, 2.45) is 0 Å². The van der Waals surface area contributed by atoms with Crippen LogP contribution in [-0.2, 0) is 10.3 Å². The highest BCUT2D eigenvalue weighted by Crippen LogP contribution is 2.40. The highest BCUT2D eigenvalue weighted by Gasteiger charge is 2.39. The van der Waals surface area contributed by atoms with E-state index in [1.807, 2.05) is 6.92 Å². The van der Waals surface area contributed by atoms with Crippen LogP contribution in [-0.4, -0.2) is 22.3 Å². The average molecular weight is 230 g/mol. The Morgan fingerprint density at radius 3 is 2.60 bits per heavy atom. The van der Waals surface area contributed by atoms with Gasteiger partial charge in [0.15, 0.2) is 5.82 Å². The third-order valence-corrected chi connectivity index (χ3v) is 3.30. The van der Waals surface area contributed by atoms with Crippen molar-refractivity contribution in [3.8, 4) is 0 Å². The van der Waals surface area contributed by atoms with Gasteiger partial charge in [-0.15, -0.1) is 11.6 Å². The third-order valence-electron chi connectivity index (χ3n) is 3.09. The Morgan fingerprint density at radius 1 is 1.47 bits per heavy atom. The summed E-state index contributed by atoms with van der Waals surface area (Å²) in [7, 11) is 1.73. The maximum Gasteiger partial charge on any atom is 0.182 e. The Hall–Kier alpha value is -0.610. The Morgan fingerprint density at radius 2 is 2.13 bits per heavy atom. The summed E-state index contributed by atoms with van der Waals surface area (Å²) in [5.74, 6) is 1.47. The van der Waals surface area contributed by atoms with Crippen LogP contribution in [0.1, 0.15) is 49.6 Å². The highest BCUT2D eigenvalue weighted by atomic mass is 35.5. The minimum atomic E-state index is -0.277. The summed E-state index contributed by atoms with van der Waals surface area (Å²) in [4.78, 5) is 4.41. The first-order valence-corrected chi connectivity index (χ1v) is 5.73. The lowest BCUT2D eigenvalue weighted by Gasteiger charge is -2.23. The lowest BCUT2D eigenvalue weighted by atomic mass is 10.0. The molecule has 1 fully saturated rings. The number of nitrogens with zero attached hydrogens (tertiary/aromatic N) is 2. The number of hydrogen-bond acceptors (Lipinski definition) is 3. The summed E-state index contributed by atoms with van der Waals surface area (Å²) in [6.07, 6.45) is 4.34. The van der Waals surface area contributed by atoms with Gasteiger partial charge in [-0.2, -0.15) is 5.10 Å². The molecule has 4 nitrogen and oxygen atoms in total. The zero-order valence-electron chi connectivity index (χ0n) is 9.09. The summed E-state index contributed by atoms with van der Waals surface area (Å²) >= 11 is 5.94. The fourth-order valence-electron chi connectivity index (χ4n) is 2.12. The van der Waals surface area contributed by atoms with Gasteiger partial charge in [0.1, 0.15) is 11.4 Å². The van der Waals surface area contributed by atoms with Crippen molar-refractivity contribution in [1.82, 2.24) is 15.2 Å². The Balaban J connectivity index is 2.27. The molecule has 2 rings (SSSR count). The minimum absolute atomic E-state index is 0.137. The van der Waals surface area contributed by atoms with Crippen LogP contribution in [0.25, 0.3) is 0 Å². The fraction of sp³-hybridized carbons (Fsp3) is 0.800. The van der Waals surface area contributed by atoms with Crippen molar-refractivity contribution in [2.75, 3.05) is 7.11 Å². The van der Waals surface area contributed by atoms with Crippen LogP contribution in [0.2, 0.25) is 0 Å². The van der Waals surface area contributed by atoms with Gasteiger partial charge in [0.25, 0.3) is 0 Å². The predicted molar refractivity (Wildman–Crippen MR) is 57.8 cm³/mol. The van der Waals surface area contributed by atoms with E-state index in [4.69, 9.17) is 16.3 Å². The zero-order chi connectivity index (χ0) is 10.9. The minimum Gasteiger partial charge on any atom is -0.370 e. The van der Waals surface area contributed by atoms with Crippen LogP contribution < -0.4 is 0 Å². The molecule has 1 aliphatic rings. The van der Waals surface area contributed by atoms with Crippen LogP contribution in [0.5, 0.6) is 0 Å². The molecule has 0 radical (unpaired) electrons. The van der Waals surface area contributed by atoms with Crippen molar-refractivity contribution >= 4 is 11.6 Å². The number of halogens is 1. The summed E-state index contributed by atoms with van der Waals surface area (Å²) in [6.45, 7) is 1.87. The van der Waals surface area contributed by atoms with E-state index in [0.717, 1.165) is 24.5 Å². The molecule has 1 heterocycles. The van der Waals surface area contributed by atoms with Gasteiger partial charge in [-0.05, 0) is 32.6 Å². The first-order chi connectivity index (χ1) is 7.18. The van der Waals surface area contributed by atoms with E-state index < -0.39 is 0 Å².